The fourth-order valence-corrected chi connectivity index (χ4v) is 2.52. The Balaban J connectivity index is 2.01. The van der Waals surface area contributed by atoms with Crippen molar-refractivity contribution >= 4 is 11.3 Å². The van der Waals surface area contributed by atoms with Gasteiger partial charge >= 0.3 is 0 Å². The molecule has 1 aromatic carbocycles. The molecule has 0 aliphatic rings. The van der Waals surface area contributed by atoms with Gasteiger partial charge in [0.1, 0.15) is 12.4 Å². The van der Waals surface area contributed by atoms with Crippen LogP contribution < -0.4 is 10.1 Å². The first-order valence-electron chi connectivity index (χ1n) is 6.96. The molecule has 2 rings (SSSR count). The second kappa shape index (κ2) is 7.41. The van der Waals surface area contributed by atoms with Crippen molar-refractivity contribution in [3.8, 4) is 5.75 Å². The molecular formula is C16H22N2OS. The first kappa shape index (κ1) is 15.0. The molecule has 108 valence electrons. The van der Waals surface area contributed by atoms with E-state index in [2.05, 4.69) is 49.3 Å². The number of benzene rings is 1. The van der Waals surface area contributed by atoms with E-state index < -0.39 is 0 Å². The molecule has 4 heteroatoms. The quantitative estimate of drug-likeness (QED) is 0.842. The minimum atomic E-state index is 0.590. The summed E-state index contributed by atoms with van der Waals surface area (Å²) in [4.78, 5) is 5.22. The van der Waals surface area contributed by atoms with Crippen molar-refractivity contribution in [2.45, 2.75) is 33.9 Å². The predicted molar refractivity (Wildman–Crippen MR) is 84.2 cm³/mol. The van der Waals surface area contributed by atoms with Gasteiger partial charge in [-0.2, -0.15) is 0 Å². The summed E-state index contributed by atoms with van der Waals surface area (Å²) >= 11 is 1.62. The van der Waals surface area contributed by atoms with Crippen molar-refractivity contribution < 1.29 is 4.74 Å². The number of ether oxygens (including phenoxy) is 1. The number of nitrogens with one attached hydrogen (secondary N) is 1. The van der Waals surface area contributed by atoms with Gasteiger partial charge in [0.05, 0.1) is 10.4 Å². The maximum atomic E-state index is 6.00. The lowest BCUT2D eigenvalue weighted by Crippen LogP contribution is -2.19. The standard InChI is InChI=1S/C16H22N2OS/c1-12(2)7-17-8-14-6-4-5-13(3)16(14)19-10-15-9-18-11-20-15/h4-6,9,11-12,17H,7-8,10H2,1-3H3. The van der Waals surface area contributed by atoms with Crippen LogP contribution in [0.25, 0.3) is 0 Å². The van der Waals surface area contributed by atoms with Crippen molar-refractivity contribution in [3.05, 3.63) is 45.9 Å². The molecule has 1 heterocycles. The first-order valence-corrected chi connectivity index (χ1v) is 7.84. The lowest BCUT2D eigenvalue weighted by molar-refractivity contribution is 0.303. The summed E-state index contributed by atoms with van der Waals surface area (Å²) in [6.45, 7) is 8.97. The molecule has 0 atom stereocenters. The van der Waals surface area contributed by atoms with Gasteiger partial charge in [-0.15, -0.1) is 11.3 Å². The zero-order chi connectivity index (χ0) is 14.4. The Kier molecular flexibility index (Phi) is 5.56. The molecule has 20 heavy (non-hydrogen) atoms. The van der Waals surface area contributed by atoms with Gasteiger partial charge in [0.2, 0.25) is 0 Å². The molecule has 0 aliphatic carbocycles. The summed E-state index contributed by atoms with van der Waals surface area (Å²) in [5, 5.41) is 3.47. The Labute approximate surface area is 125 Å². The number of nitrogens with zero attached hydrogens (tertiary/aromatic N) is 1. The number of rotatable bonds is 7. The fraction of sp³-hybridized carbons (Fsp3) is 0.438. The van der Waals surface area contributed by atoms with Crippen LogP contribution in [0.1, 0.15) is 29.9 Å². The van der Waals surface area contributed by atoms with Gasteiger partial charge in [0.25, 0.3) is 0 Å². The van der Waals surface area contributed by atoms with Crippen molar-refractivity contribution in [3.63, 3.8) is 0 Å². The van der Waals surface area contributed by atoms with Crippen LogP contribution in [-0.4, -0.2) is 11.5 Å². The van der Waals surface area contributed by atoms with Crippen molar-refractivity contribution in [1.29, 1.82) is 0 Å². The van der Waals surface area contributed by atoms with Crippen molar-refractivity contribution in [2.75, 3.05) is 6.54 Å². The van der Waals surface area contributed by atoms with Gasteiger partial charge in [0, 0.05) is 18.3 Å². The molecule has 1 N–H and O–H groups in total. The van der Waals surface area contributed by atoms with Crippen LogP contribution in [-0.2, 0) is 13.2 Å². The second-order valence-corrected chi connectivity index (χ2v) is 6.32. The van der Waals surface area contributed by atoms with Crippen LogP contribution in [0.4, 0.5) is 0 Å². The van der Waals surface area contributed by atoms with E-state index in [0.717, 1.165) is 23.7 Å². The minimum absolute atomic E-state index is 0.590. The number of thiazole rings is 1. The summed E-state index contributed by atoms with van der Waals surface area (Å²) in [5.74, 6) is 1.65. The van der Waals surface area contributed by atoms with Crippen LogP contribution in [0.3, 0.4) is 0 Å². The zero-order valence-corrected chi connectivity index (χ0v) is 13.2. The predicted octanol–water partition coefficient (Wildman–Crippen LogP) is 3.78. The van der Waals surface area contributed by atoms with E-state index in [1.807, 2.05) is 11.7 Å². The monoisotopic (exact) mass is 290 g/mol. The van der Waals surface area contributed by atoms with Gasteiger partial charge in [-0.25, -0.2) is 0 Å². The molecule has 0 spiro atoms. The average molecular weight is 290 g/mol. The number of hydrogen-bond acceptors (Lipinski definition) is 4. The van der Waals surface area contributed by atoms with Gasteiger partial charge in [-0.05, 0) is 24.9 Å². The molecule has 0 saturated carbocycles. The maximum absolute atomic E-state index is 6.00. The summed E-state index contributed by atoms with van der Waals surface area (Å²) in [6.07, 6.45) is 1.86. The van der Waals surface area contributed by atoms with E-state index >= 15 is 0 Å². The molecule has 1 aromatic heterocycles. The number of aromatic nitrogens is 1. The van der Waals surface area contributed by atoms with Crippen LogP contribution in [0, 0.1) is 12.8 Å². The molecular weight excluding hydrogens is 268 g/mol. The maximum Gasteiger partial charge on any atom is 0.127 e. The lowest BCUT2D eigenvalue weighted by atomic mass is 10.1. The molecule has 0 amide bonds. The molecule has 0 fully saturated rings. The van der Waals surface area contributed by atoms with Gasteiger partial charge in [-0.3, -0.25) is 4.98 Å². The minimum Gasteiger partial charge on any atom is -0.487 e. The van der Waals surface area contributed by atoms with E-state index in [1.165, 1.54) is 11.1 Å². The molecule has 0 unspecified atom stereocenters. The summed E-state index contributed by atoms with van der Waals surface area (Å²) in [6, 6.07) is 6.30. The molecule has 0 bridgehead atoms. The average Bonchev–Trinajstić information content (AvgIpc) is 2.90. The van der Waals surface area contributed by atoms with Crippen molar-refractivity contribution in [2.24, 2.45) is 5.92 Å². The summed E-state index contributed by atoms with van der Waals surface area (Å²) in [7, 11) is 0. The van der Waals surface area contributed by atoms with E-state index in [9.17, 15) is 0 Å². The molecule has 0 radical (unpaired) electrons. The Hall–Kier alpha value is -1.39. The Morgan fingerprint density at radius 2 is 2.20 bits per heavy atom. The SMILES string of the molecule is Cc1cccc(CNCC(C)C)c1OCc1cncs1. The Morgan fingerprint density at radius 3 is 2.90 bits per heavy atom. The normalized spacial score (nSPS) is 11.0. The van der Waals surface area contributed by atoms with Crippen LogP contribution >= 0.6 is 11.3 Å². The summed E-state index contributed by atoms with van der Waals surface area (Å²) in [5.41, 5.74) is 4.23. The van der Waals surface area contributed by atoms with E-state index in [0.29, 0.717) is 12.5 Å². The first-order chi connectivity index (χ1) is 9.66. The van der Waals surface area contributed by atoms with E-state index in [4.69, 9.17) is 4.74 Å². The Bertz CT molecular complexity index is 523. The topological polar surface area (TPSA) is 34.1 Å². The highest BCUT2D eigenvalue weighted by atomic mass is 32.1. The largest absolute Gasteiger partial charge is 0.487 e. The highest BCUT2D eigenvalue weighted by molar-refractivity contribution is 7.09. The molecule has 0 aliphatic heterocycles. The third-order valence-corrected chi connectivity index (χ3v) is 3.76. The van der Waals surface area contributed by atoms with Gasteiger partial charge in [0.15, 0.2) is 0 Å². The van der Waals surface area contributed by atoms with Crippen LogP contribution in [0.2, 0.25) is 0 Å². The number of para-hydroxylation sites is 1. The second-order valence-electron chi connectivity index (χ2n) is 5.34. The molecule has 2 aromatic rings. The van der Waals surface area contributed by atoms with E-state index in [1.54, 1.807) is 11.3 Å². The zero-order valence-electron chi connectivity index (χ0n) is 12.3. The molecule has 0 saturated heterocycles. The highest BCUT2D eigenvalue weighted by Crippen LogP contribution is 2.25. The fourth-order valence-electron chi connectivity index (χ4n) is 2.01. The third kappa shape index (κ3) is 4.32. The number of aryl methyl sites for hydroxylation is 1. The smallest absolute Gasteiger partial charge is 0.127 e. The van der Waals surface area contributed by atoms with Gasteiger partial charge in [-0.1, -0.05) is 32.0 Å². The molecule has 3 nitrogen and oxygen atoms in total. The third-order valence-electron chi connectivity index (χ3n) is 3.00. The highest BCUT2D eigenvalue weighted by Gasteiger charge is 2.08. The van der Waals surface area contributed by atoms with E-state index in [-0.39, 0.29) is 0 Å². The van der Waals surface area contributed by atoms with Gasteiger partial charge < -0.3 is 10.1 Å². The Morgan fingerprint density at radius 1 is 1.35 bits per heavy atom. The van der Waals surface area contributed by atoms with Crippen LogP contribution in [0.15, 0.2) is 29.9 Å². The summed E-state index contributed by atoms with van der Waals surface area (Å²) < 4.78 is 6.00. The van der Waals surface area contributed by atoms with Crippen molar-refractivity contribution in [1.82, 2.24) is 10.3 Å². The van der Waals surface area contributed by atoms with Crippen LogP contribution in [0.5, 0.6) is 5.75 Å². The number of hydrogen-bond donors (Lipinski definition) is 1. The lowest BCUT2D eigenvalue weighted by Gasteiger charge is -2.15.